The van der Waals surface area contributed by atoms with Gasteiger partial charge in [0.05, 0.1) is 4.92 Å². The third-order valence-corrected chi connectivity index (χ3v) is 6.06. The molecule has 1 aromatic carbocycles. The van der Waals surface area contributed by atoms with Crippen molar-refractivity contribution >= 4 is 28.1 Å². The number of piperidine rings is 1. The van der Waals surface area contributed by atoms with Crippen LogP contribution in [0.2, 0.25) is 0 Å². The van der Waals surface area contributed by atoms with Gasteiger partial charge in [0, 0.05) is 12.1 Å². The Morgan fingerprint density at radius 1 is 1.25 bits per heavy atom. The predicted octanol–water partition coefficient (Wildman–Crippen LogP) is 2.30. The summed E-state index contributed by atoms with van der Waals surface area (Å²) in [6, 6.07) is 3.17. The Hall–Kier alpha value is -1.22. The smallest absolute Gasteiger partial charge is 0.292 e. The number of nitro benzene ring substituents is 1. The number of nitro groups is 1. The van der Waals surface area contributed by atoms with E-state index in [1.807, 2.05) is 6.92 Å². The fourth-order valence-corrected chi connectivity index (χ4v) is 4.55. The van der Waals surface area contributed by atoms with E-state index in [0.29, 0.717) is 11.1 Å². The van der Waals surface area contributed by atoms with Crippen LogP contribution < -0.4 is 10.0 Å². The van der Waals surface area contributed by atoms with E-state index in [0.717, 1.165) is 25.9 Å². The summed E-state index contributed by atoms with van der Waals surface area (Å²) >= 11 is 0. The van der Waals surface area contributed by atoms with Gasteiger partial charge in [-0.1, -0.05) is 19.1 Å². The van der Waals surface area contributed by atoms with Crippen molar-refractivity contribution in [3.63, 3.8) is 0 Å². The molecule has 1 aliphatic heterocycles. The molecule has 0 spiro atoms. The van der Waals surface area contributed by atoms with Gasteiger partial charge in [0.1, 0.15) is 0 Å². The van der Waals surface area contributed by atoms with Crippen LogP contribution in [-0.2, 0) is 10.0 Å². The Balaban J connectivity index is 0.00000288. The molecule has 0 bridgehead atoms. The van der Waals surface area contributed by atoms with Gasteiger partial charge < -0.3 is 5.32 Å². The van der Waals surface area contributed by atoms with Gasteiger partial charge in [0.25, 0.3) is 5.69 Å². The monoisotopic (exact) mass is 377 g/mol. The fourth-order valence-electron chi connectivity index (χ4n) is 2.89. The molecule has 1 fully saturated rings. The van der Waals surface area contributed by atoms with E-state index in [9.17, 15) is 18.5 Å². The van der Waals surface area contributed by atoms with Crippen LogP contribution in [0.25, 0.3) is 0 Å². The molecule has 7 nitrogen and oxygen atoms in total. The fraction of sp³-hybridized carbons (Fsp3) is 0.600. The Morgan fingerprint density at radius 2 is 1.79 bits per heavy atom. The second-order valence-electron chi connectivity index (χ2n) is 6.52. The lowest BCUT2D eigenvalue weighted by atomic mass is 9.81. The van der Waals surface area contributed by atoms with Crippen LogP contribution >= 0.6 is 12.4 Å². The number of benzene rings is 1. The first kappa shape index (κ1) is 20.8. The molecule has 136 valence electrons. The van der Waals surface area contributed by atoms with E-state index < -0.39 is 14.9 Å². The highest BCUT2D eigenvalue weighted by molar-refractivity contribution is 7.89. The van der Waals surface area contributed by atoms with Gasteiger partial charge in [0.2, 0.25) is 10.0 Å². The number of nitrogens with zero attached hydrogens (tertiary/aromatic N) is 1. The molecule has 1 saturated heterocycles. The van der Waals surface area contributed by atoms with Crippen LogP contribution in [0.4, 0.5) is 5.69 Å². The van der Waals surface area contributed by atoms with Crippen molar-refractivity contribution in [2.45, 2.75) is 38.5 Å². The van der Waals surface area contributed by atoms with Crippen LogP contribution in [0, 0.1) is 29.4 Å². The van der Waals surface area contributed by atoms with Crippen LogP contribution in [0.1, 0.15) is 30.9 Å². The summed E-state index contributed by atoms with van der Waals surface area (Å²) in [4.78, 5) is 10.5. The summed E-state index contributed by atoms with van der Waals surface area (Å²) in [6.07, 6.45) is 1.73. The minimum absolute atomic E-state index is 0. The van der Waals surface area contributed by atoms with E-state index in [4.69, 9.17) is 0 Å². The molecule has 1 aromatic rings. The molecule has 2 N–H and O–H groups in total. The average molecular weight is 378 g/mol. The number of hydrogen-bond acceptors (Lipinski definition) is 5. The zero-order chi connectivity index (χ0) is 17.3. The van der Waals surface area contributed by atoms with Crippen LogP contribution in [0.15, 0.2) is 17.0 Å². The van der Waals surface area contributed by atoms with Crippen molar-refractivity contribution in [2.24, 2.45) is 5.41 Å². The van der Waals surface area contributed by atoms with Crippen molar-refractivity contribution < 1.29 is 13.3 Å². The van der Waals surface area contributed by atoms with Crippen LogP contribution in [0.5, 0.6) is 0 Å². The Labute approximate surface area is 148 Å². The molecule has 0 atom stereocenters. The molecule has 24 heavy (non-hydrogen) atoms. The third-order valence-electron chi connectivity index (χ3n) is 4.48. The Bertz CT molecular complexity index is 716. The van der Waals surface area contributed by atoms with Crippen molar-refractivity contribution in [3.05, 3.63) is 33.4 Å². The van der Waals surface area contributed by atoms with E-state index >= 15 is 0 Å². The van der Waals surface area contributed by atoms with E-state index in [1.165, 1.54) is 0 Å². The molecule has 9 heteroatoms. The molecular formula is C15H24ClN3O4S. The number of aryl methyl sites for hydroxylation is 2. The second kappa shape index (κ2) is 7.77. The Kier molecular flexibility index (Phi) is 6.75. The largest absolute Gasteiger partial charge is 0.317 e. The van der Waals surface area contributed by atoms with Gasteiger partial charge in [0.15, 0.2) is 4.90 Å². The average Bonchev–Trinajstić information content (AvgIpc) is 2.48. The molecular weight excluding hydrogens is 354 g/mol. The first-order chi connectivity index (χ1) is 10.7. The summed E-state index contributed by atoms with van der Waals surface area (Å²) in [6.45, 7) is 7.14. The number of halogens is 1. The summed E-state index contributed by atoms with van der Waals surface area (Å²) in [5.41, 5.74) is 0.248. The maximum Gasteiger partial charge on any atom is 0.292 e. The molecule has 0 amide bonds. The molecule has 0 radical (unpaired) electrons. The molecule has 0 saturated carbocycles. The third kappa shape index (κ3) is 4.44. The van der Waals surface area contributed by atoms with Gasteiger partial charge in [-0.15, -0.1) is 12.4 Å². The maximum absolute atomic E-state index is 12.7. The molecule has 1 aliphatic rings. The predicted molar refractivity (Wildman–Crippen MR) is 95.2 cm³/mol. The van der Waals surface area contributed by atoms with Gasteiger partial charge in [-0.3, -0.25) is 10.1 Å². The van der Waals surface area contributed by atoms with Crippen molar-refractivity contribution in [2.75, 3.05) is 19.6 Å². The quantitative estimate of drug-likeness (QED) is 0.605. The summed E-state index contributed by atoms with van der Waals surface area (Å²) in [5, 5.41) is 14.6. The lowest BCUT2D eigenvalue weighted by Crippen LogP contribution is -2.43. The normalized spacial score (nSPS) is 17.1. The van der Waals surface area contributed by atoms with Crippen molar-refractivity contribution in [3.8, 4) is 0 Å². The Morgan fingerprint density at radius 3 is 2.33 bits per heavy atom. The topological polar surface area (TPSA) is 101 Å². The van der Waals surface area contributed by atoms with E-state index in [2.05, 4.69) is 10.0 Å². The van der Waals surface area contributed by atoms with Crippen molar-refractivity contribution in [1.29, 1.82) is 0 Å². The highest BCUT2D eigenvalue weighted by atomic mass is 35.5. The van der Waals surface area contributed by atoms with Gasteiger partial charge in [-0.25, -0.2) is 13.1 Å². The molecule has 0 aromatic heterocycles. The zero-order valence-electron chi connectivity index (χ0n) is 14.1. The first-order valence-corrected chi connectivity index (χ1v) is 9.10. The lowest BCUT2D eigenvalue weighted by molar-refractivity contribution is -0.388. The summed E-state index contributed by atoms with van der Waals surface area (Å²) < 4.78 is 28.0. The van der Waals surface area contributed by atoms with Gasteiger partial charge in [-0.05, 0) is 50.8 Å². The SMILES string of the molecule is Cc1ccc(C)c(S(=O)(=O)NCC2(C)CCNCC2)c1[N+](=O)[O-].Cl. The van der Waals surface area contributed by atoms with Crippen molar-refractivity contribution in [1.82, 2.24) is 10.0 Å². The number of rotatable bonds is 5. The highest BCUT2D eigenvalue weighted by Gasteiger charge is 2.33. The van der Waals surface area contributed by atoms with Crippen LogP contribution in [-0.4, -0.2) is 33.0 Å². The zero-order valence-corrected chi connectivity index (χ0v) is 15.7. The standard InChI is InChI=1S/C15H23N3O4S.ClH/c1-11-4-5-12(2)14(13(11)18(19)20)23(21,22)17-10-15(3)6-8-16-9-7-15;/h4-5,16-17H,6-10H2,1-3H3;1H. The first-order valence-electron chi connectivity index (χ1n) is 7.61. The second-order valence-corrected chi connectivity index (χ2v) is 8.22. The molecule has 1 heterocycles. The van der Waals surface area contributed by atoms with Gasteiger partial charge >= 0.3 is 0 Å². The number of hydrogen-bond donors (Lipinski definition) is 2. The molecule has 0 aliphatic carbocycles. The lowest BCUT2D eigenvalue weighted by Gasteiger charge is -2.34. The van der Waals surface area contributed by atoms with E-state index in [-0.39, 0.29) is 34.9 Å². The highest BCUT2D eigenvalue weighted by Crippen LogP contribution is 2.32. The van der Waals surface area contributed by atoms with Gasteiger partial charge in [-0.2, -0.15) is 0 Å². The number of sulfonamides is 1. The summed E-state index contributed by atoms with van der Waals surface area (Å²) in [7, 11) is -3.94. The molecule has 2 rings (SSSR count). The summed E-state index contributed by atoms with van der Waals surface area (Å²) in [5.74, 6) is 0. The van der Waals surface area contributed by atoms with Crippen LogP contribution in [0.3, 0.4) is 0 Å². The molecule has 0 unspecified atom stereocenters. The minimum Gasteiger partial charge on any atom is -0.317 e. The minimum atomic E-state index is -3.94. The maximum atomic E-state index is 12.7. The number of nitrogens with one attached hydrogen (secondary N) is 2. The van der Waals surface area contributed by atoms with E-state index in [1.54, 1.807) is 26.0 Å².